The molecule has 0 aliphatic carbocycles. The predicted octanol–water partition coefficient (Wildman–Crippen LogP) is 0.268. The molecule has 1 aromatic carbocycles. The van der Waals surface area contributed by atoms with Gasteiger partial charge in [-0.2, -0.15) is 0 Å². The number of carbonyl (C=O) groups is 2. The lowest BCUT2D eigenvalue weighted by Crippen LogP contribution is -2.49. The maximum absolute atomic E-state index is 12.7. The van der Waals surface area contributed by atoms with Crippen LogP contribution >= 0.6 is 0 Å². The molecule has 1 aliphatic heterocycles. The monoisotopic (exact) mass is 265 g/mol. The van der Waals surface area contributed by atoms with E-state index in [9.17, 15) is 14.0 Å². The first-order chi connectivity index (χ1) is 9.15. The van der Waals surface area contributed by atoms with E-state index in [2.05, 4.69) is 16.2 Å². The van der Waals surface area contributed by atoms with Gasteiger partial charge in [-0.3, -0.25) is 20.4 Å². The molecule has 0 spiro atoms. The number of carbonyl (C=O) groups excluding carboxylic acids is 2. The summed E-state index contributed by atoms with van der Waals surface area (Å²) in [7, 11) is 0. The van der Waals surface area contributed by atoms with Crippen molar-refractivity contribution in [2.45, 2.75) is 25.3 Å². The summed E-state index contributed by atoms with van der Waals surface area (Å²) in [6, 6.07) is 5.43. The van der Waals surface area contributed by atoms with Crippen LogP contribution in [0.2, 0.25) is 0 Å². The number of hydrogen-bond acceptors (Lipinski definition) is 3. The molecule has 0 bridgehead atoms. The average Bonchev–Trinajstić information content (AvgIpc) is 2.93. The molecule has 19 heavy (non-hydrogen) atoms. The van der Waals surface area contributed by atoms with Gasteiger partial charge < -0.3 is 5.32 Å². The minimum absolute atomic E-state index is 0.0959. The van der Waals surface area contributed by atoms with Crippen molar-refractivity contribution in [3.05, 3.63) is 35.6 Å². The standard InChI is InChI=1S/C13H16FN3O2/c14-10-5-3-9(4-6-10)8-12(18)16-17-13(19)11-2-1-7-15-11/h3-6,11,15H,1-2,7-8H2,(H,16,18)(H,17,19). The van der Waals surface area contributed by atoms with Crippen molar-refractivity contribution in [3.63, 3.8) is 0 Å². The molecule has 1 aliphatic rings. The molecule has 6 heteroatoms. The molecule has 1 unspecified atom stereocenters. The summed E-state index contributed by atoms with van der Waals surface area (Å²) in [5.74, 6) is -0.910. The lowest BCUT2D eigenvalue weighted by molar-refractivity contribution is -0.129. The van der Waals surface area contributed by atoms with Gasteiger partial charge in [0, 0.05) is 0 Å². The van der Waals surface area contributed by atoms with E-state index >= 15 is 0 Å². The summed E-state index contributed by atoms with van der Waals surface area (Å²) >= 11 is 0. The lowest BCUT2D eigenvalue weighted by Gasteiger charge is -2.11. The molecule has 1 atom stereocenters. The smallest absolute Gasteiger partial charge is 0.255 e. The van der Waals surface area contributed by atoms with Crippen LogP contribution in [0.25, 0.3) is 0 Å². The Balaban J connectivity index is 1.75. The first-order valence-corrected chi connectivity index (χ1v) is 6.21. The summed E-state index contributed by atoms with van der Waals surface area (Å²) in [5.41, 5.74) is 5.42. The van der Waals surface area contributed by atoms with Crippen LogP contribution in [-0.2, 0) is 16.0 Å². The van der Waals surface area contributed by atoms with Crippen molar-refractivity contribution in [1.82, 2.24) is 16.2 Å². The normalized spacial score (nSPS) is 18.1. The van der Waals surface area contributed by atoms with E-state index in [0.717, 1.165) is 19.4 Å². The summed E-state index contributed by atoms with van der Waals surface area (Å²) in [6.45, 7) is 0.821. The number of hydrogen-bond donors (Lipinski definition) is 3. The highest BCUT2D eigenvalue weighted by molar-refractivity contribution is 5.86. The van der Waals surface area contributed by atoms with Crippen molar-refractivity contribution in [1.29, 1.82) is 0 Å². The Morgan fingerprint density at radius 2 is 2.00 bits per heavy atom. The lowest BCUT2D eigenvalue weighted by atomic mass is 10.1. The van der Waals surface area contributed by atoms with Gasteiger partial charge in [-0.25, -0.2) is 4.39 Å². The Hall–Kier alpha value is -1.95. The highest BCUT2D eigenvalue weighted by atomic mass is 19.1. The molecule has 5 nitrogen and oxygen atoms in total. The van der Waals surface area contributed by atoms with Gasteiger partial charge in [0.25, 0.3) is 5.91 Å². The van der Waals surface area contributed by atoms with Crippen LogP contribution in [0.3, 0.4) is 0 Å². The van der Waals surface area contributed by atoms with Crippen LogP contribution in [0, 0.1) is 5.82 Å². The van der Waals surface area contributed by atoms with Crippen LogP contribution in [0.1, 0.15) is 18.4 Å². The van der Waals surface area contributed by atoms with Gasteiger partial charge >= 0.3 is 0 Å². The quantitative estimate of drug-likeness (QED) is 0.687. The average molecular weight is 265 g/mol. The van der Waals surface area contributed by atoms with Crippen molar-refractivity contribution in [2.75, 3.05) is 6.54 Å². The molecule has 1 heterocycles. The minimum Gasteiger partial charge on any atom is -0.306 e. The van der Waals surface area contributed by atoms with E-state index in [1.807, 2.05) is 0 Å². The van der Waals surface area contributed by atoms with Crippen LogP contribution < -0.4 is 16.2 Å². The first-order valence-electron chi connectivity index (χ1n) is 6.21. The zero-order chi connectivity index (χ0) is 13.7. The van der Waals surface area contributed by atoms with E-state index in [-0.39, 0.29) is 30.1 Å². The fourth-order valence-electron chi connectivity index (χ4n) is 1.96. The Bertz CT molecular complexity index is 455. The third-order valence-electron chi connectivity index (χ3n) is 2.98. The topological polar surface area (TPSA) is 70.2 Å². The third kappa shape index (κ3) is 4.03. The van der Waals surface area contributed by atoms with E-state index in [0.29, 0.717) is 5.56 Å². The first kappa shape index (κ1) is 13.5. The highest BCUT2D eigenvalue weighted by Crippen LogP contribution is 2.04. The summed E-state index contributed by atoms with van der Waals surface area (Å²) in [6.07, 6.45) is 1.83. The number of amides is 2. The van der Waals surface area contributed by atoms with Gasteiger partial charge in [-0.1, -0.05) is 12.1 Å². The summed E-state index contributed by atoms with van der Waals surface area (Å²) in [4.78, 5) is 23.2. The molecule has 3 N–H and O–H groups in total. The molecule has 1 saturated heterocycles. The second kappa shape index (κ2) is 6.29. The Morgan fingerprint density at radius 3 is 2.63 bits per heavy atom. The second-order valence-corrected chi connectivity index (χ2v) is 4.49. The predicted molar refractivity (Wildman–Crippen MR) is 67.4 cm³/mol. The minimum atomic E-state index is -0.343. The molecule has 1 fully saturated rings. The number of hydrazine groups is 1. The third-order valence-corrected chi connectivity index (χ3v) is 2.98. The molecule has 2 rings (SSSR count). The Labute approximate surface area is 110 Å². The maximum Gasteiger partial charge on any atom is 0.255 e. The molecule has 1 aromatic rings. The van der Waals surface area contributed by atoms with Crippen molar-refractivity contribution in [3.8, 4) is 0 Å². The van der Waals surface area contributed by atoms with Crippen molar-refractivity contribution >= 4 is 11.8 Å². The van der Waals surface area contributed by atoms with Gasteiger partial charge in [0.15, 0.2) is 0 Å². The Kier molecular flexibility index (Phi) is 4.46. The molecule has 0 radical (unpaired) electrons. The van der Waals surface area contributed by atoms with Crippen LogP contribution in [0.5, 0.6) is 0 Å². The largest absolute Gasteiger partial charge is 0.306 e. The number of benzene rings is 1. The molecule has 0 saturated carbocycles. The van der Waals surface area contributed by atoms with Crippen LogP contribution in [0.15, 0.2) is 24.3 Å². The van der Waals surface area contributed by atoms with Gasteiger partial charge in [0.1, 0.15) is 5.82 Å². The van der Waals surface area contributed by atoms with Gasteiger partial charge in [0.2, 0.25) is 5.91 Å². The maximum atomic E-state index is 12.7. The van der Waals surface area contributed by atoms with Gasteiger partial charge in [-0.15, -0.1) is 0 Å². The SMILES string of the molecule is O=C(Cc1ccc(F)cc1)NNC(=O)C1CCCN1. The highest BCUT2D eigenvalue weighted by Gasteiger charge is 2.21. The zero-order valence-corrected chi connectivity index (χ0v) is 10.4. The van der Waals surface area contributed by atoms with Crippen molar-refractivity contribution < 1.29 is 14.0 Å². The Morgan fingerprint density at radius 1 is 1.26 bits per heavy atom. The molecule has 0 aromatic heterocycles. The van der Waals surface area contributed by atoms with E-state index in [1.54, 1.807) is 0 Å². The van der Waals surface area contributed by atoms with E-state index in [1.165, 1.54) is 24.3 Å². The van der Waals surface area contributed by atoms with Crippen LogP contribution in [-0.4, -0.2) is 24.4 Å². The van der Waals surface area contributed by atoms with Gasteiger partial charge in [-0.05, 0) is 37.1 Å². The second-order valence-electron chi connectivity index (χ2n) is 4.49. The molecule has 2 amide bonds. The number of rotatable bonds is 3. The van der Waals surface area contributed by atoms with Crippen LogP contribution in [0.4, 0.5) is 4.39 Å². The van der Waals surface area contributed by atoms with Crippen molar-refractivity contribution in [2.24, 2.45) is 0 Å². The number of halogens is 1. The van der Waals surface area contributed by atoms with E-state index in [4.69, 9.17) is 0 Å². The fourth-order valence-corrected chi connectivity index (χ4v) is 1.96. The molecular weight excluding hydrogens is 249 g/mol. The van der Waals surface area contributed by atoms with Gasteiger partial charge in [0.05, 0.1) is 12.5 Å². The van der Waals surface area contributed by atoms with E-state index < -0.39 is 0 Å². The fraction of sp³-hybridized carbons (Fsp3) is 0.385. The summed E-state index contributed by atoms with van der Waals surface area (Å²) < 4.78 is 12.7. The molecule has 102 valence electrons. The number of nitrogens with one attached hydrogen (secondary N) is 3. The molecular formula is C13H16FN3O2. The zero-order valence-electron chi connectivity index (χ0n) is 10.4. The summed E-state index contributed by atoms with van der Waals surface area (Å²) in [5, 5.41) is 3.03.